The molecule has 0 heterocycles. The molecular formula is C11H10BrNO2. The Morgan fingerprint density at radius 3 is 2.93 bits per heavy atom. The second-order valence-corrected chi connectivity index (χ2v) is 3.78. The first-order valence-electron chi connectivity index (χ1n) is 4.43. The van der Waals surface area contributed by atoms with Gasteiger partial charge in [0.2, 0.25) is 0 Å². The summed E-state index contributed by atoms with van der Waals surface area (Å²) in [6.07, 6.45) is 0.945. The van der Waals surface area contributed by atoms with Gasteiger partial charge in [0.25, 0.3) is 0 Å². The lowest BCUT2D eigenvalue weighted by Gasteiger charge is -2.07. The summed E-state index contributed by atoms with van der Waals surface area (Å²) in [5, 5.41) is 8.51. The molecule has 0 N–H and O–H groups in total. The zero-order valence-electron chi connectivity index (χ0n) is 8.29. The molecular weight excluding hydrogens is 258 g/mol. The summed E-state index contributed by atoms with van der Waals surface area (Å²) in [6.45, 7) is 0. The van der Waals surface area contributed by atoms with Crippen molar-refractivity contribution in [1.29, 1.82) is 5.26 Å². The minimum absolute atomic E-state index is 0.379. The van der Waals surface area contributed by atoms with Crippen LogP contribution in [0.2, 0.25) is 0 Å². The van der Waals surface area contributed by atoms with E-state index in [1.807, 2.05) is 12.1 Å². The maximum absolute atomic E-state index is 11.5. The van der Waals surface area contributed by atoms with Gasteiger partial charge in [-0.1, -0.05) is 12.1 Å². The number of benzene rings is 1. The van der Waals surface area contributed by atoms with Crippen molar-refractivity contribution in [1.82, 2.24) is 0 Å². The number of nitrogens with zero attached hydrogens (tertiary/aromatic N) is 1. The number of hydrogen-bond donors (Lipinski definition) is 0. The predicted molar refractivity (Wildman–Crippen MR) is 59.4 cm³/mol. The minimum Gasteiger partial charge on any atom is -0.465 e. The molecule has 0 unspecified atom stereocenters. The third kappa shape index (κ3) is 2.80. The van der Waals surface area contributed by atoms with Gasteiger partial charge >= 0.3 is 5.97 Å². The van der Waals surface area contributed by atoms with E-state index in [9.17, 15) is 4.79 Å². The normalized spacial score (nSPS) is 9.40. The maximum atomic E-state index is 11.5. The van der Waals surface area contributed by atoms with E-state index in [0.29, 0.717) is 22.9 Å². The average molecular weight is 268 g/mol. The highest BCUT2D eigenvalue weighted by Crippen LogP contribution is 2.22. The molecule has 1 aromatic rings. The average Bonchev–Trinajstić information content (AvgIpc) is 2.25. The van der Waals surface area contributed by atoms with Gasteiger partial charge in [0.05, 0.1) is 18.7 Å². The van der Waals surface area contributed by atoms with Gasteiger partial charge in [-0.2, -0.15) is 5.26 Å². The Kier molecular flexibility index (Phi) is 4.32. The first-order valence-corrected chi connectivity index (χ1v) is 5.22. The molecule has 0 amide bonds. The van der Waals surface area contributed by atoms with Crippen LogP contribution in [0.5, 0.6) is 0 Å². The third-order valence-corrected chi connectivity index (χ3v) is 2.66. The molecule has 0 bridgehead atoms. The summed E-state index contributed by atoms with van der Waals surface area (Å²) >= 11 is 3.30. The highest BCUT2D eigenvalue weighted by atomic mass is 79.9. The largest absolute Gasteiger partial charge is 0.465 e. The Bertz CT molecular complexity index is 410. The van der Waals surface area contributed by atoms with Crippen LogP contribution in [0.15, 0.2) is 22.7 Å². The van der Waals surface area contributed by atoms with Crippen molar-refractivity contribution in [3.8, 4) is 6.07 Å². The van der Waals surface area contributed by atoms with E-state index in [2.05, 4.69) is 26.7 Å². The Hall–Kier alpha value is -1.34. The number of hydrogen-bond acceptors (Lipinski definition) is 3. The van der Waals surface area contributed by atoms with Gasteiger partial charge in [-0.05, 0) is 34.0 Å². The zero-order valence-corrected chi connectivity index (χ0v) is 9.87. The molecule has 3 nitrogen and oxygen atoms in total. The lowest BCUT2D eigenvalue weighted by molar-refractivity contribution is 0.0598. The van der Waals surface area contributed by atoms with Gasteiger partial charge in [0.15, 0.2) is 0 Å². The molecule has 78 valence electrons. The van der Waals surface area contributed by atoms with Crippen molar-refractivity contribution >= 4 is 21.9 Å². The Labute approximate surface area is 96.8 Å². The van der Waals surface area contributed by atoms with Crippen molar-refractivity contribution in [3.63, 3.8) is 0 Å². The molecule has 0 saturated carbocycles. The van der Waals surface area contributed by atoms with Crippen LogP contribution >= 0.6 is 15.9 Å². The molecule has 0 fully saturated rings. The van der Waals surface area contributed by atoms with Crippen LogP contribution in [0.4, 0.5) is 0 Å². The van der Waals surface area contributed by atoms with E-state index < -0.39 is 0 Å². The number of ether oxygens (including phenoxy) is 1. The van der Waals surface area contributed by atoms with Crippen molar-refractivity contribution < 1.29 is 9.53 Å². The second kappa shape index (κ2) is 5.52. The van der Waals surface area contributed by atoms with Gasteiger partial charge in [0, 0.05) is 10.9 Å². The summed E-state index contributed by atoms with van der Waals surface area (Å²) in [5.41, 5.74) is 1.34. The minimum atomic E-state index is -0.379. The molecule has 1 aromatic carbocycles. The second-order valence-electron chi connectivity index (χ2n) is 2.92. The van der Waals surface area contributed by atoms with Crippen LogP contribution in [0.1, 0.15) is 22.3 Å². The van der Waals surface area contributed by atoms with Gasteiger partial charge in [0.1, 0.15) is 0 Å². The smallest absolute Gasteiger partial charge is 0.339 e. The van der Waals surface area contributed by atoms with Crippen LogP contribution in [-0.2, 0) is 11.2 Å². The van der Waals surface area contributed by atoms with E-state index in [1.165, 1.54) is 7.11 Å². The van der Waals surface area contributed by atoms with E-state index in [4.69, 9.17) is 5.26 Å². The molecule has 0 aromatic heterocycles. The molecule has 1 rings (SSSR count). The highest BCUT2D eigenvalue weighted by molar-refractivity contribution is 9.10. The zero-order chi connectivity index (χ0) is 11.3. The van der Waals surface area contributed by atoms with E-state index in [-0.39, 0.29) is 5.97 Å². The number of rotatable bonds is 3. The van der Waals surface area contributed by atoms with Gasteiger partial charge in [-0.15, -0.1) is 0 Å². The summed E-state index contributed by atoms with van der Waals surface area (Å²) in [5.74, 6) is -0.379. The van der Waals surface area contributed by atoms with E-state index >= 15 is 0 Å². The molecule has 0 aliphatic heterocycles. The van der Waals surface area contributed by atoms with Crippen LogP contribution in [-0.4, -0.2) is 13.1 Å². The van der Waals surface area contributed by atoms with E-state index in [0.717, 1.165) is 5.56 Å². The number of carbonyl (C=O) groups excluding carboxylic acids is 1. The van der Waals surface area contributed by atoms with Crippen LogP contribution in [0.25, 0.3) is 0 Å². The Balaban J connectivity index is 3.09. The first kappa shape index (κ1) is 11.7. The van der Waals surface area contributed by atoms with Gasteiger partial charge in [-0.3, -0.25) is 0 Å². The van der Waals surface area contributed by atoms with Gasteiger partial charge < -0.3 is 4.74 Å². The summed E-state index contributed by atoms with van der Waals surface area (Å²) in [4.78, 5) is 11.5. The fourth-order valence-electron chi connectivity index (χ4n) is 1.30. The molecule has 4 heteroatoms. The van der Waals surface area contributed by atoms with Crippen molar-refractivity contribution in [3.05, 3.63) is 33.8 Å². The summed E-state index contributed by atoms with van der Waals surface area (Å²) in [6, 6.07) is 7.50. The fourth-order valence-corrected chi connectivity index (χ4v) is 1.87. The van der Waals surface area contributed by atoms with Crippen molar-refractivity contribution in [2.75, 3.05) is 7.11 Å². The van der Waals surface area contributed by atoms with Crippen LogP contribution < -0.4 is 0 Å². The van der Waals surface area contributed by atoms with Crippen molar-refractivity contribution in [2.24, 2.45) is 0 Å². The molecule has 15 heavy (non-hydrogen) atoms. The molecule has 0 atom stereocenters. The summed E-state index contributed by atoms with van der Waals surface area (Å²) in [7, 11) is 1.34. The number of carbonyl (C=O) groups is 1. The Morgan fingerprint density at radius 2 is 2.33 bits per heavy atom. The van der Waals surface area contributed by atoms with E-state index in [1.54, 1.807) is 6.07 Å². The third-order valence-electron chi connectivity index (χ3n) is 2.00. The fraction of sp³-hybridized carbons (Fsp3) is 0.273. The highest BCUT2D eigenvalue weighted by Gasteiger charge is 2.14. The topological polar surface area (TPSA) is 50.1 Å². The molecule has 0 aliphatic rings. The van der Waals surface area contributed by atoms with Crippen LogP contribution in [0, 0.1) is 11.3 Å². The first-order chi connectivity index (χ1) is 7.20. The molecule has 0 aliphatic carbocycles. The molecule has 0 radical (unpaired) electrons. The predicted octanol–water partition coefficient (Wildman–Crippen LogP) is 2.69. The van der Waals surface area contributed by atoms with Crippen LogP contribution in [0.3, 0.4) is 0 Å². The maximum Gasteiger partial charge on any atom is 0.339 e. The van der Waals surface area contributed by atoms with Gasteiger partial charge in [-0.25, -0.2) is 4.79 Å². The van der Waals surface area contributed by atoms with Crippen molar-refractivity contribution in [2.45, 2.75) is 12.8 Å². The Morgan fingerprint density at radius 1 is 1.60 bits per heavy atom. The SMILES string of the molecule is COC(=O)c1c(Br)cccc1CCC#N. The number of nitriles is 1. The number of aryl methyl sites for hydroxylation is 1. The number of halogens is 1. The monoisotopic (exact) mass is 267 g/mol. The molecule has 0 saturated heterocycles. The lowest BCUT2D eigenvalue weighted by Crippen LogP contribution is -2.06. The standard InChI is InChI=1S/C11H10BrNO2/c1-15-11(14)10-8(5-3-7-13)4-2-6-9(10)12/h2,4,6H,3,5H2,1H3. The molecule has 0 spiro atoms. The number of methoxy groups -OCH3 is 1. The summed E-state index contributed by atoms with van der Waals surface area (Å²) < 4.78 is 5.38. The lowest BCUT2D eigenvalue weighted by atomic mass is 10.0. The quantitative estimate of drug-likeness (QED) is 0.792. The number of esters is 1.